The van der Waals surface area contributed by atoms with Gasteiger partial charge in [-0.2, -0.15) is 0 Å². The summed E-state index contributed by atoms with van der Waals surface area (Å²) in [5, 5.41) is 2.77. The van der Waals surface area contributed by atoms with E-state index in [0.717, 1.165) is 19.3 Å². The van der Waals surface area contributed by atoms with Crippen LogP contribution in [0.1, 0.15) is 26.2 Å². The van der Waals surface area contributed by atoms with Gasteiger partial charge in [0.2, 0.25) is 0 Å². The standard InChI is InChI=1S/C9H17NO3/c1-3-8(12-2)10-9(11)7-5-4-6-13-7/h7-8H,3-6H2,1-2H3,(H,10,11). The second kappa shape index (κ2) is 5.19. The average Bonchev–Trinajstić information content (AvgIpc) is 2.66. The molecule has 1 aliphatic rings. The molecule has 13 heavy (non-hydrogen) atoms. The molecule has 2 atom stereocenters. The van der Waals surface area contributed by atoms with Gasteiger partial charge >= 0.3 is 0 Å². The van der Waals surface area contributed by atoms with E-state index in [-0.39, 0.29) is 18.2 Å². The summed E-state index contributed by atoms with van der Waals surface area (Å²) in [7, 11) is 1.59. The van der Waals surface area contributed by atoms with Crippen molar-refractivity contribution in [2.75, 3.05) is 13.7 Å². The molecule has 1 rings (SSSR count). The van der Waals surface area contributed by atoms with Crippen molar-refractivity contribution in [3.05, 3.63) is 0 Å². The van der Waals surface area contributed by atoms with Crippen LogP contribution < -0.4 is 5.32 Å². The van der Waals surface area contributed by atoms with Gasteiger partial charge in [0.05, 0.1) is 0 Å². The van der Waals surface area contributed by atoms with Gasteiger partial charge < -0.3 is 14.8 Å². The number of ether oxygens (including phenoxy) is 2. The van der Waals surface area contributed by atoms with Gasteiger partial charge in [-0.3, -0.25) is 4.79 Å². The van der Waals surface area contributed by atoms with Crippen LogP contribution in [0.15, 0.2) is 0 Å². The van der Waals surface area contributed by atoms with Crippen LogP contribution >= 0.6 is 0 Å². The fourth-order valence-corrected chi connectivity index (χ4v) is 1.36. The number of methoxy groups -OCH3 is 1. The molecule has 1 fully saturated rings. The van der Waals surface area contributed by atoms with Crippen LogP contribution in [-0.2, 0) is 14.3 Å². The molecule has 0 aliphatic carbocycles. The smallest absolute Gasteiger partial charge is 0.251 e. The summed E-state index contributed by atoms with van der Waals surface area (Å²) in [6.45, 7) is 2.66. The van der Waals surface area contributed by atoms with E-state index in [1.165, 1.54) is 0 Å². The minimum Gasteiger partial charge on any atom is -0.368 e. The van der Waals surface area contributed by atoms with Crippen molar-refractivity contribution in [3.8, 4) is 0 Å². The Morgan fingerprint density at radius 1 is 1.77 bits per heavy atom. The van der Waals surface area contributed by atoms with E-state index in [0.29, 0.717) is 6.61 Å². The average molecular weight is 187 g/mol. The molecule has 0 aromatic heterocycles. The van der Waals surface area contributed by atoms with E-state index < -0.39 is 0 Å². The Hall–Kier alpha value is -0.610. The monoisotopic (exact) mass is 187 g/mol. The van der Waals surface area contributed by atoms with Crippen molar-refractivity contribution >= 4 is 5.91 Å². The first kappa shape index (κ1) is 10.5. The molecule has 0 aromatic carbocycles. The molecule has 1 amide bonds. The molecule has 0 aromatic rings. The highest BCUT2D eigenvalue weighted by molar-refractivity contribution is 5.81. The highest BCUT2D eigenvalue weighted by Gasteiger charge is 2.24. The fourth-order valence-electron chi connectivity index (χ4n) is 1.36. The SMILES string of the molecule is CCC(NC(=O)C1CCCO1)OC. The topological polar surface area (TPSA) is 47.6 Å². The van der Waals surface area contributed by atoms with Crippen molar-refractivity contribution in [2.45, 2.75) is 38.5 Å². The van der Waals surface area contributed by atoms with E-state index in [1.54, 1.807) is 7.11 Å². The highest BCUT2D eigenvalue weighted by Crippen LogP contribution is 2.12. The van der Waals surface area contributed by atoms with Crippen LogP contribution in [0, 0.1) is 0 Å². The van der Waals surface area contributed by atoms with Gasteiger partial charge in [0.25, 0.3) is 5.91 Å². The molecule has 76 valence electrons. The number of nitrogens with one attached hydrogen (secondary N) is 1. The Bertz CT molecular complexity index is 162. The van der Waals surface area contributed by atoms with Crippen LogP contribution in [0.5, 0.6) is 0 Å². The first-order chi connectivity index (χ1) is 6.27. The lowest BCUT2D eigenvalue weighted by atomic mass is 10.2. The zero-order chi connectivity index (χ0) is 9.68. The minimum absolute atomic E-state index is 0.0498. The number of hydrogen-bond donors (Lipinski definition) is 1. The van der Waals surface area contributed by atoms with E-state index in [1.807, 2.05) is 6.92 Å². The molecule has 0 bridgehead atoms. The summed E-state index contributed by atoms with van der Waals surface area (Å²) in [5.41, 5.74) is 0. The third-order valence-corrected chi connectivity index (χ3v) is 2.18. The fraction of sp³-hybridized carbons (Fsp3) is 0.889. The zero-order valence-electron chi connectivity index (χ0n) is 8.21. The minimum atomic E-state index is -0.260. The van der Waals surface area contributed by atoms with Gasteiger partial charge in [-0.25, -0.2) is 0 Å². The quantitative estimate of drug-likeness (QED) is 0.658. The third-order valence-electron chi connectivity index (χ3n) is 2.18. The van der Waals surface area contributed by atoms with Crippen LogP contribution in [0.3, 0.4) is 0 Å². The number of hydrogen-bond acceptors (Lipinski definition) is 3. The van der Waals surface area contributed by atoms with Crippen LogP contribution in [0.4, 0.5) is 0 Å². The van der Waals surface area contributed by atoms with Crippen LogP contribution in [0.25, 0.3) is 0 Å². The first-order valence-electron chi connectivity index (χ1n) is 4.72. The summed E-state index contributed by atoms with van der Waals surface area (Å²) in [6, 6.07) is 0. The Morgan fingerprint density at radius 3 is 3.00 bits per heavy atom. The Kier molecular flexibility index (Phi) is 4.18. The molecule has 1 heterocycles. The van der Waals surface area contributed by atoms with Gasteiger partial charge in [0.15, 0.2) is 0 Å². The van der Waals surface area contributed by atoms with E-state index in [9.17, 15) is 4.79 Å². The molecule has 0 radical (unpaired) electrons. The maximum atomic E-state index is 11.5. The van der Waals surface area contributed by atoms with Gasteiger partial charge in [-0.15, -0.1) is 0 Å². The van der Waals surface area contributed by atoms with Crippen molar-refractivity contribution in [3.63, 3.8) is 0 Å². The van der Waals surface area contributed by atoms with E-state index in [2.05, 4.69) is 5.32 Å². The summed E-state index contributed by atoms with van der Waals surface area (Å²) in [6.07, 6.45) is 2.13. The van der Waals surface area contributed by atoms with Gasteiger partial charge in [-0.05, 0) is 19.3 Å². The second-order valence-corrected chi connectivity index (χ2v) is 3.14. The van der Waals surface area contributed by atoms with Crippen LogP contribution in [-0.4, -0.2) is 32.0 Å². The van der Waals surface area contributed by atoms with Crippen molar-refractivity contribution in [1.29, 1.82) is 0 Å². The van der Waals surface area contributed by atoms with E-state index in [4.69, 9.17) is 9.47 Å². The molecule has 4 heteroatoms. The molecular weight excluding hydrogens is 170 g/mol. The first-order valence-corrected chi connectivity index (χ1v) is 4.72. The predicted molar refractivity (Wildman–Crippen MR) is 48.2 cm³/mol. The van der Waals surface area contributed by atoms with E-state index >= 15 is 0 Å². The highest BCUT2D eigenvalue weighted by atomic mass is 16.5. The lowest BCUT2D eigenvalue weighted by Gasteiger charge is -2.17. The summed E-state index contributed by atoms with van der Waals surface area (Å²) < 4.78 is 10.3. The Labute approximate surface area is 78.6 Å². The lowest BCUT2D eigenvalue weighted by Crippen LogP contribution is -2.41. The second-order valence-electron chi connectivity index (χ2n) is 3.14. The number of amides is 1. The summed E-state index contributed by atoms with van der Waals surface area (Å²) in [5.74, 6) is -0.0498. The molecule has 2 unspecified atom stereocenters. The molecular formula is C9H17NO3. The van der Waals surface area contributed by atoms with Gasteiger partial charge in [0, 0.05) is 13.7 Å². The third kappa shape index (κ3) is 2.97. The van der Waals surface area contributed by atoms with Crippen molar-refractivity contribution in [2.24, 2.45) is 0 Å². The largest absolute Gasteiger partial charge is 0.368 e. The number of carbonyl (C=O) groups is 1. The molecule has 4 nitrogen and oxygen atoms in total. The molecule has 0 saturated carbocycles. The molecule has 1 aliphatic heterocycles. The molecule has 1 saturated heterocycles. The van der Waals surface area contributed by atoms with Crippen molar-refractivity contribution < 1.29 is 14.3 Å². The van der Waals surface area contributed by atoms with Crippen molar-refractivity contribution in [1.82, 2.24) is 5.32 Å². The lowest BCUT2D eigenvalue weighted by molar-refractivity contribution is -0.133. The van der Waals surface area contributed by atoms with Gasteiger partial charge in [0.1, 0.15) is 12.3 Å². The molecule has 0 spiro atoms. The Morgan fingerprint density at radius 2 is 2.54 bits per heavy atom. The maximum absolute atomic E-state index is 11.5. The van der Waals surface area contributed by atoms with Crippen LogP contribution in [0.2, 0.25) is 0 Å². The van der Waals surface area contributed by atoms with Gasteiger partial charge in [-0.1, -0.05) is 6.92 Å². The number of rotatable bonds is 4. The summed E-state index contributed by atoms with van der Waals surface area (Å²) in [4.78, 5) is 11.5. The zero-order valence-corrected chi connectivity index (χ0v) is 8.21. The normalized spacial score (nSPS) is 24.3. The Balaban J connectivity index is 2.30. The maximum Gasteiger partial charge on any atom is 0.251 e. The predicted octanol–water partition coefficient (Wildman–Crippen LogP) is 0.664. The number of carbonyl (C=O) groups excluding carboxylic acids is 1. The molecule has 1 N–H and O–H groups in total. The summed E-state index contributed by atoms with van der Waals surface area (Å²) >= 11 is 0.